The van der Waals surface area contributed by atoms with Crippen molar-refractivity contribution in [3.05, 3.63) is 64.9 Å². The predicted octanol–water partition coefficient (Wildman–Crippen LogP) is 4.40. The molecule has 0 bridgehead atoms. The number of hydrogen-bond acceptors (Lipinski definition) is 7. The van der Waals surface area contributed by atoms with Gasteiger partial charge in [-0.25, -0.2) is 4.68 Å². The molecule has 1 atom stereocenters. The van der Waals surface area contributed by atoms with E-state index in [0.717, 1.165) is 28.3 Å². The van der Waals surface area contributed by atoms with Crippen molar-refractivity contribution in [3.63, 3.8) is 0 Å². The number of rotatable bonds is 5. The summed E-state index contributed by atoms with van der Waals surface area (Å²) in [5.74, 6) is 2.62. The number of thioether (sulfide) groups is 1. The molecule has 0 saturated carbocycles. The van der Waals surface area contributed by atoms with Crippen LogP contribution in [-0.4, -0.2) is 39.6 Å². The summed E-state index contributed by atoms with van der Waals surface area (Å²) in [6.45, 7) is 6.97. The lowest BCUT2D eigenvalue weighted by atomic mass is 9.94. The molecule has 0 saturated heterocycles. The summed E-state index contributed by atoms with van der Waals surface area (Å²) in [4.78, 5) is 18.2. The Bertz CT molecular complexity index is 1240. The third kappa shape index (κ3) is 4.16. The van der Waals surface area contributed by atoms with E-state index in [1.807, 2.05) is 56.3 Å². The maximum absolute atomic E-state index is 13.5. The van der Waals surface area contributed by atoms with Gasteiger partial charge in [0.2, 0.25) is 11.1 Å². The maximum atomic E-state index is 13.5. The van der Waals surface area contributed by atoms with Crippen LogP contribution in [0.2, 0.25) is 0 Å². The van der Waals surface area contributed by atoms with Crippen molar-refractivity contribution in [1.29, 1.82) is 0 Å². The molecule has 5 rings (SSSR count). The lowest BCUT2D eigenvalue weighted by Crippen LogP contribution is -2.31. The fourth-order valence-corrected chi connectivity index (χ4v) is 4.54. The minimum Gasteiger partial charge on any atom is -0.486 e. The molecule has 33 heavy (non-hydrogen) atoms. The van der Waals surface area contributed by atoms with E-state index in [1.165, 1.54) is 0 Å². The average molecular weight is 464 g/mol. The van der Waals surface area contributed by atoms with E-state index in [1.54, 1.807) is 16.4 Å². The first-order valence-electron chi connectivity index (χ1n) is 10.9. The van der Waals surface area contributed by atoms with Crippen molar-refractivity contribution in [2.45, 2.75) is 32.0 Å². The minimum atomic E-state index is -0.471. The molecule has 1 unspecified atom stereocenters. The van der Waals surface area contributed by atoms with E-state index in [2.05, 4.69) is 22.5 Å². The monoisotopic (exact) mass is 463 g/mol. The fourth-order valence-electron chi connectivity index (χ4n) is 3.99. The molecule has 2 N–H and O–H groups in total. The van der Waals surface area contributed by atoms with Gasteiger partial charge in [0.05, 0.1) is 5.57 Å². The molecular formula is C24H25N5O3S. The number of aryl methyl sites for hydroxylation is 1. The molecule has 9 heteroatoms. The number of benzene rings is 2. The molecule has 2 aliphatic heterocycles. The van der Waals surface area contributed by atoms with Gasteiger partial charge in [0, 0.05) is 11.4 Å². The van der Waals surface area contributed by atoms with Crippen LogP contribution < -0.4 is 20.1 Å². The van der Waals surface area contributed by atoms with Gasteiger partial charge in [-0.3, -0.25) is 4.79 Å². The summed E-state index contributed by atoms with van der Waals surface area (Å²) in [6.07, 6.45) is 0. The van der Waals surface area contributed by atoms with E-state index in [9.17, 15) is 4.79 Å². The summed E-state index contributed by atoms with van der Waals surface area (Å²) < 4.78 is 13.3. The Kier molecular flexibility index (Phi) is 5.72. The van der Waals surface area contributed by atoms with Crippen LogP contribution in [0.1, 0.15) is 31.0 Å². The normalized spacial score (nSPS) is 16.8. The van der Waals surface area contributed by atoms with Crippen LogP contribution in [0.15, 0.2) is 58.9 Å². The van der Waals surface area contributed by atoms with Gasteiger partial charge in [-0.2, -0.15) is 4.98 Å². The number of nitrogens with zero attached hydrogens (tertiary/aromatic N) is 3. The van der Waals surface area contributed by atoms with Crippen LogP contribution >= 0.6 is 11.8 Å². The largest absolute Gasteiger partial charge is 0.486 e. The molecule has 0 spiro atoms. The Balaban J connectivity index is 1.57. The Morgan fingerprint density at radius 3 is 2.67 bits per heavy atom. The van der Waals surface area contributed by atoms with Crippen LogP contribution in [0.4, 0.5) is 11.6 Å². The fraction of sp³-hybridized carbons (Fsp3) is 0.292. The van der Waals surface area contributed by atoms with Crippen LogP contribution in [0.25, 0.3) is 0 Å². The second kappa shape index (κ2) is 8.82. The zero-order valence-electron chi connectivity index (χ0n) is 18.7. The van der Waals surface area contributed by atoms with E-state index in [-0.39, 0.29) is 5.91 Å². The number of carbonyl (C=O) groups is 1. The zero-order valence-corrected chi connectivity index (χ0v) is 19.5. The SMILES string of the molecule is CCSc1nc2n(n1)C(c1ccc3c(c1)OCCO3)C(C(=O)Nc1ccc(C)cc1)=C(C)N2. The lowest BCUT2D eigenvalue weighted by molar-refractivity contribution is -0.113. The number of ether oxygens (including phenoxy) is 2. The maximum Gasteiger partial charge on any atom is 0.255 e. The number of anilines is 2. The standard InChI is InChI=1S/C24H25N5O3S/c1-4-33-24-27-23-25-15(3)20(22(30)26-17-8-5-14(2)6-9-17)21(29(23)28-24)16-7-10-18-19(13-16)32-12-11-31-18/h5-10,13,21H,4,11-12H2,1-3H3,(H,26,30)(H,25,27,28). The second-order valence-electron chi connectivity index (χ2n) is 7.89. The molecule has 3 aromatic rings. The van der Waals surface area contributed by atoms with Crippen LogP contribution in [-0.2, 0) is 4.79 Å². The number of fused-ring (bicyclic) bond motifs is 2. The first-order valence-corrected chi connectivity index (χ1v) is 11.9. The minimum absolute atomic E-state index is 0.199. The third-order valence-electron chi connectivity index (χ3n) is 5.54. The first kappa shape index (κ1) is 21.4. The summed E-state index contributed by atoms with van der Waals surface area (Å²) in [7, 11) is 0. The van der Waals surface area contributed by atoms with Crippen LogP contribution in [0.5, 0.6) is 11.5 Å². The number of nitrogens with one attached hydrogen (secondary N) is 2. The number of amides is 1. The van der Waals surface area contributed by atoms with Crippen molar-refractivity contribution in [1.82, 2.24) is 14.8 Å². The van der Waals surface area contributed by atoms with Crippen molar-refractivity contribution >= 4 is 29.3 Å². The van der Waals surface area contributed by atoms with Gasteiger partial charge in [-0.1, -0.05) is 42.4 Å². The molecule has 0 fully saturated rings. The molecule has 0 aliphatic carbocycles. The summed E-state index contributed by atoms with van der Waals surface area (Å²) in [5, 5.41) is 11.7. The van der Waals surface area contributed by atoms with Gasteiger partial charge >= 0.3 is 0 Å². The molecule has 1 aromatic heterocycles. The van der Waals surface area contributed by atoms with E-state index in [0.29, 0.717) is 41.4 Å². The van der Waals surface area contributed by atoms with Crippen molar-refractivity contribution < 1.29 is 14.3 Å². The zero-order chi connectivity index (χ0) is 22.9. The molecule has 1 amide bonds. The molecule has 2 aliphatic rings. The Hall–Kier alpha value is -3.46. The average Bonchev–Trinajstić information content (AvgIpc) is 3.21. The first-order chi connectivity index (χ1) is 16.0. The van der Waals surface area contributed by atoms with Gasteiger partial charge in [0.25, 0.3) is 5.91 Å². The molecule has 3 heterocycles. The van der Waals surface area contributed by atoms with E-state index >= 15 is 0 Å². The van der Waals surface area contributed by atoms with Gasteiger partial charge in [-0.05, 0) is 49.4 Å². The van der Waals surface area contributed by atoms with Gasteiger partial charge in [0.1, 0.15) is 19.3 Å². The predicted molar refractivity (Wildman–Crippen MR) is 128 cm³/mol. The lowest BCUT2D eigenvalue weighted by Gasteiger charge is -2.29. The van der Waals surface area contributed by atoms with Crippen molar-refractivity contribution in [3.8, 4) is 11.5 Å². The number of hydrogen-bond donors (Lipinski definition) is 2. The number of aromatic nitrogens is 3. The second-order valence-corrected chi connectivity index (χ2v) is 9.12. The molecule has 2 aromatic carbocycles. The number of carbonyl (C=O) groups excluding carboxylic acids is 1. The Morgan fingerprint density at radius 2 is 1.91 bits per heavy atom. The van der Waals surface area contributed by atoms with E-state index in [4.69, 9.17) is 14.6 Å². The highest BCUT2D eigenvalue weighted by Crippen LogP contribution is 2.40. The van der Waals surface area contributed by atoms with Gasteiger partial charge in [0.15, 0.2) is 11.5 Å². The van der Waals surface area contributed by atoms with Gasteiger partial charge in [-0.15, -0.1) is 5.10 Å². The summed E-state index contributed by atoms with van der Waals surface area (Å²) >= 11 is 1.56. The summed E-state index contributed by atoms with van der Waals surface area (Å²) in [6, 6.07) is 13.0. The molecular weight excluding hydrogens is 438 g/mol. The molecule has 0 radical (unpaired) electrons. The Labute approximate surface area is 196 Å². The number of allylic oxidation sites excluding steroid dienone is 1. The molecule has 170 valence electrons. The smallest absolute Gasteiger partial charge is 0.255 e. The Morgan fingerprint density at radius 1 is 1.15 bits per heavy atom. The van der Waals surface area contributed by atoms with Crippen molar-refractivity contribution in [2.24, 2.45) is 0 Å². The summed E-state index contributed by atoms with van der Waals surface area (Å²) in [5.41, 5.74) is 4.03. The quantitative estimate of drug-likeness (QED) is 0.542. The highest BCUT2D eigenvalue weighted by molar-refractivity contribution is 7.99. The highest BCUT2D eigenvalue weighted by Gasteiger charge is 2.35. The van der Waals surface area contributed by atoms with Crippen LogP contribution in [0, 0.1) is 6.92 Å². The van der Waals surface area contributed by atoms with Gasteiger partial charge < -0.3 is 20.1 Å². The topological polar surface area (TPSA) is 90.3 Å². The third-order valence-corrected chi connectivity index (χ3v) is 6.26. The molecule has 8 nitrogen and oxygen atoms in total. The van der Waals surface area contributed by atoms with Crippen LogP contribution in [0.3, 0.4) is 0 Å². The van der Waals surface area contributed by atoms with E-state index < -0.39 is 6.04 Å². The van der Waals surface area contributed by atoms with Crippen molar-refractivity contribution in [2.75, 3.05) is 29.6 Å². The highest BCUT2D eigenvalue weighted by atomic mass is 32.2.